The first-order valence-electron chi connectivity index (χ1n) is 13.7. The highest BCUT2D eigenvalue weighted by Crippen LogP contribution is 2.11. The van der Waals surface area contributed by atoms with Crippen molar-refractivity contribution in [1.82, 2.24) is 0 Å². The topological polar surface area (TPSA) is 52.6 Å². The van der Waals surface area contributed by atoms with Crippen molar-refractivity contribution in [2.24, 2.45) is 0 Å². The van der Waals surface area contributed by atoms with Crippen molar-refractivity contribution < 1.29 is 19.1 Å². The molecule has 0 amide bonds. The number of ether oxygens (including phenoxy) is 2. The first kappa shape index (κ1) is 30.7. The van der Waals surface area contributed by atoms with E-state index >= 15 is 0 Å². The van der Waals surface area contributed by atoms with Crippen LogP contribution in [0.5, 0.6) is 0 Å². The third kappa shape index (κ3) is 24.9. The van der Waals surface area contributed by atoms with Crippen LogP contribution < -0.4 is 0 Å². The Bertz CT molecular complexity index is 405. The monoisotopic (exact) mass is 452 g/mol. The lowest BCUT2D eigenvalue weighted by Gasteiger charge is -2.04. The number of hydrogen-bond donors (Lipinski definition) is 0. The maximum absolute atomic E-state index is 11.7. The summed E-state index contributed by atoms with van der Waals surface area (Å²) in [6.07, 6.45) is 27.3. The smallest absolute Gasteiger partial charge is 0.331 e. The van der Waals surface area contributed by atoms with Gasteiger partial charge in [0.1, 0.15) is 0 Å². The molecule has 0 aliphatic carbocycles. The van der Waals surface area contributed by atoms with E-state index in [1.165, 1.54) is 115 Å². The summed E-state index contributed by atoms with van der Waals surface area (Å²) in [5, 5.41) is 0. The standard InChI is InChI=1S/C28H52O4/c1-3-5-7-9-11-13-15-17-19-21-25-31-27(29)23-24-28(30)32-26-22-20-18-16-14-12-10-8-6-4-2/h23-24H,3-22,25-26H2,1-2H3/b24-23-. The number of carbonyl (C=O) groups excluding carboxylic acids is 2. The van der Waals surface area contributed by atoms with Crippen LogP contribution in [0.25, 0.3) is 0 Å². The van der Waals surface area contributed by atoms with Gasteiger partial charge in [-0.05, 0) is 12.8 Å². The molecule has 0 fully saturated rings. The van der Waals surface area contributed by atoms with Crippen LogP contribution in [0.15, 0.2) is 12.2 Å². The van der Waals surface area contributed by atoms with E-state index in [1.807, 2.05) is 0 Å². The van der Waals surface area contributed by atoms with Crippen molar-refractivity contribution in [3.63, 3.8) is 0 Å². The van der Waals surface area contributed by atoms with Gasteiger partial charge in [-0.3, -0.25) is 0 Å². The van der Waals surface area contributed by atoms with Crippen molar-refractivity contribution in [3.05, 3.63) is 12.2 Å². The molecule has 0 aromatic rings. The molecule has 0 aliphatic rings. The maximum Gasteiger partial charge on any atom is 0.331 e. The van der Waals surface area contributed by atoms with E-state index in [9.17, 15) is 9.59 Å². The average Bonchev–Trinajstić information content (AvgIpc) is 2.79. The molecule has 0 heterocycles. The fraction of sp³-hybridized carbons (Fsp3) is 0.857. The number of esters is 2. The second kappa shape index (κ2) is 25.9. The van der Waals surface area contributed by atoms with Gasteiger partial charge in [0.15, 0.2) is 0 Å². The van der Waals surface area contributed by atoms with Crippen LogP contribution in [-0.2, 0) is 19.1 Å². The predicted octanol–water partition coefficient (Wildman–Crippen LogP) is 8.47. The van der Waals surface area contributed by atoms with Gasteiger partial charge >= 0.3 is 11.9 Å². The Labute approximate surface area is 198 Å². The Morgan fingerprint density at radius 2 is 0.688 bits per heavy atom. The molecule has 0 atom stereocenters. The van der Waals surface area contributed by atoms with Crippen molar-refractivity contribution in [2.75, 3.05) is 13.2 Å². The van der Waals surface area contributed by atoms with Gasteiger partial charge in [0.2, 0.25) is 0 Å². The molecule has 32 heavy (non-hydrogen) atoms. The average molecular weight is 453 g/mol. The zero-order chi connectivity index (χ0) is 23.5. The highest BCUT2D eigenvalue weighted by molar-refractivity contribution is 5.91. The molecule has 0 aromatic heterocycles. The van der Waals surface area contributed by atoms with Crippen molar-refractivity contribution in [2.45, 2.75) is 142 Å². The molecular formula is C28H52O4. The van der Waals surface area contributed by atoms with Gasteiger partial charge in [-0.25, -0.2) is 9.59 Å². The lowest BCUT2D eigenvalue weighted by molar-refractivity contribution is -0.140. The summed E-state index contributed by atoms with van der Waals surface area (Å²) in [5.74, 6) is -0.923. The number of carbonyl (C=O) groups is 2. The van der Waals surface area contributed by atoms with E-state index in [2.05, 4.69) is 13.8 Å². The minimum absolute atomic E-state index is 0.424. The Morgan fingerprint density at radius 1 is 0.438 bits per heavy atom. The molecule has 4 heteroatoms. The second-order valence-corrected chi connectivity index (χ2v) is 9.03. The first-order chi connectivity index (χ1) is 15.7. The summed E-state index contributed by atoms with van der Waals surface area (Å²) < 4.78 is 10.3. The van der Waals surface area contributed by atoms with E-state index in [0.29, 0.717) is 13.2 Å². The minimum Gasteiger partial charge on any atom is -0.463 e. The Hall–Kier alpha value is -1.32. The van der Waals surface area contributed by atoms with Crippen LogP contribution >= 0.6 is 0 Å². The highest BCUT2D eigenvalue weighted by Gasteiger charge is 2.01. The first-order valence-corrected chi connectivity index (χ1v) is 13.7. The van der Waals surface area contributed by atoms with Crippen molar-refractivity contribution in [3.8, 4) is 0 Å². The van der Waals surface area contributed by atoms with Crippen LogP contribution in [0, 0.1) is 0 Å². The molecule has 0 spiro atoms. The molecule has 0 bridgehead atoms. The van der Waals surface area contributed by atoms with Crippen LogP contribution in [0.3, 0.4) is 0 Å². The van der Waals surface area contributed by atoms with E-state index < -0.39 is 11.9 Å². The molecule has 0 saturated heterocycles. The number of rotatable bonds is 24. The number of hydrogen-bond acceptors (Lipinski definition) is 4. The van der Waals surface area contributed by atoms with E-state index in [0.717, 1.165) is 25.7 Å². The molecule has 0 unspecified atom stereocenters. The van der Waals surface area contributed by atoms with Crippen LogP contribution in [0.2, 0.25) is 0 Å². The summed E-state index contributed by atoms with van der Waals surface area (Å²) in [6, 6.07) is 0. The third-order valence-corrected chi connectivity index (χ3v) is 5.84. The molecule has 4 nitrogen and oxygen atoms in total. The predicted molar refractivity (Wildman–Crippen MR) is 135 cm³/mol. The van der Waals surface area contributed by atoms with Gasteiger partial charge < -0.3 is 9.47 Å². The molecule has 188 valence electrons. The fourth-order valence-corrected chi connectivity index (χ4v) is 3.76. The minimum atomic E-state index is -0.461. The summed E-state index contributed by atoms with van der Waals surface area (Å²) >= 11 is 0. The summed E-state index contributed by atoms with van der Waals surface area (Å²) in [6.45, 7) is 5.34. The largest absolute Gasteiger partial charge is 0.463 e. The van der Waals surface area contributed by atoms with Gasteiger partial charge in [0.25, 0.3) is 0 Å². The maximum atomic E-state index is 11.7. The normalized spacial score (nSPS) is 11.2. The van der Waals surface area contributed by atoms with Gasteiger partial charge in [0, 0.05) is 12.2 Å². The van der Waals surface area contributed by atoms with Crippen LogP contribution in [-0.4, -0.2) is 25.2 Å². The zero-order valence-electron chi connectivity index (χ0n) is 21.3. The zero-order valence-corrected chi connectivity index (χ0v) is 21.3. The molecular weight excluding hydrogens is 400 g/mol. The fourth-order valence-electron chi connectivity index (χ4n) is 3.76. The quantitative estimate of drug-likeness (QED) is 0.0837. The second-order valence-electron chi connectivity index (χ2n) is 9.03. The SMILES string of the molecule is CCCCCCCCCCCCOC(=O)/C=C\C(=O)OCCCCCCCCCCCC. The van der Waals surface area contributed by atoms with E-state index in [-0.39, 0.29) is 0 Å². The molecule has 0 saturated carbocycles. The van der Waals surface area contributed by atoms with Gasteiger partial charge in [-0.2, -0.15) is 0 Å². The van der Waals surface area contributed by atoms with Crippen molar-refractivity contribution >= 4 is 11.9 Å². The van der Waals surface area contributed by atoms with Gasteiger partial charge in [0.05, 0.1) is 13.2 Å². The molecule has 0 N–H and O–H groups in total. The lowest BCUT2D eigenvalue weighted by atomic mass is 10.1. The lowest BCUT2D eigenvalue weighted by Crippen LogP contribution is -2.06. The van der Waals surface area contributed by atoms with Crippen molar-refractivity contribution in [1.29, 1.82) is 0 Å². The van der Waals surface area contributed by atoms with Gasteiger partial charge in [-0.1, -0.05) is 129 Å². The third-order valence-electron chi connectivity index (χ3n) is 5.84. The van der Waals surface area contributed by atoms with Crippen LogP contribution in [0.4, 0.5) is 0 Å². The van der Waals surface area contributed by atoms with Gasteiger partial charge in [-0.15, -0.1) is 0 Å². The van der Waals surface area contributed by atoms with E-state index in [4.69, 9.17) is 9.47 Å². The Morgan fingerprint density at radius 3 is 0.969 bits per heavy atom. The Kier molecular flexibility index (Phi) is 24.9. The highest BCUT2D eigenvalue weighted by atomic mass is 16.5. The summed E-state index contributed by atoms with van der Waals surface area (Å²) in [7, 11) is 0. The van der Waals surface area contributed by atoms with E-state index in [1.54, 1.807) is 0 Å². The molecule has 0 aliphatic heterocycles. The Balaban J connectivity index is 3.39. The summed E-state index contributed by atoms with van der Waals surface area (Å²) in [4.78, 5) is 23.3. The summed E-state index contributed by atoms with van der Waals surface area (Å²) in [5.41, 5.74) is 0. The molecule has 0 radical (unpaired) electrons. The molecule has 0 aromatic carbocycles. The number of unbranched alkanes of at least 4 members (excludes halogenated alkanes) is 18. The van der Waals surface area contributed by atoms with Crippen LogP contribution in [0.1, 0.15) is 142 Å². The molecule has 0 rings (SSSR count).